The van der Waals surface area contributed by atoms with E-state index in [0.29, 0.717) is 37.9 Å². The van der Waals surface area contributed by atoms with Gasteiger partial charge in [-0.2, -0.15) is 13.2 Å². The van der Waals surface area contributed by atoms with E-state index in [-0.39, 0.29) is 31.2 Å². The highest BCUT2D eigenvalue weighted by atomic mass is 19.4. The molecular weight excluding hydrogens is 421 g/mol. The third kappa shape index (κ3) is 3.86. The van der Waals surface area contributed by atoms with E-state index in [1.807, 2.05) is 0 Å². The van der Waals surface area contributed by atoms with Gasteiger partial charge in [0, 0.05) is 30.4 Å². The van der Waals surface area contributed by atoms with Crippen molar-refractivity contribution < 1.29 is 27.9 Å². The highest BCUT2D eigenvalue weighted by Gasteiger charge is 2.59. The number of carboxylic acid groups (broad SMARTS) is 1. The molecular formula is C24H31F3N2O3. The van der Waals surface area contributed by atoms with Crippen molar-refractivity contribution in [1.29, 1.82) is 0 Å². The van der Waals surface area contributed by atoms with Crippen molar-refractivity contribution in [3.63, 3.8) is 0 Å². The molecule has 0 bridgehead atoms. The first-order chi connectivity index (χ1) is 15.1. The molecule has 1 aromatic rings. The molecule has 3 aliphatic rings. The van der Waals surface area contributed by atoms with E-state index in [4.69, 9.17) is 0 Å². The van der Waals surface area contributed by atoms with Crippen molar-refractivity contribution in [3.8, 4) is 0 Å². The quantitative estimate of drug-likeness (QED) is 0.663. The number of likely N-dealkylation sites (tertiary alicyclic amines) is 1. The van der Waals surface area contributed by atoms with Crippen molar-refractivity contribution >= 4 is 17.6 Å². The first kappa shape index (κ1) is 22.9. The number of carbonyl (C=O) groups excluding carboxylic acids is 1. The van der Waals surface area contributed by atoms with Crippen LogP contribution in [0.5, 0.6) is 0 Å². The molecule has 0 aromatic heterocycles. The van der Waals surface area contributed by atoms with Crippen molar-refractivity contribution in [1.82, 2.24) is 4.90 Å². The van der Waals surface area contributed by atoms with Gasteiger partial charge in [0.2, 0.25) is 0 Å². The van der Waals surface area contributed by atoms with Crippen LogP contribution in [0.15, 0.2) is 24.3 Å². The summed E-state index contributed by atoms with van der Waals surface area (Å²) in [4.78, 5) is 28.2. The molecule has 1 unspecified atom stereocenters. The lowest BCUT2D eigenvalue weighted by Crippen LogP contribution is -2.51. The number of aliphatic carboxylic acids is 1. The summed E-state index contributed by atoms with van der Waals surface area (Å²) in [5.74, 6) is -1.33. The highest BCUT2D eigenvalue weighted by Crippen LogP contribution is 2.57. The van der Waals surface area contributed by atoms with Crippen LogP contribution in [-0.4, -0.2) is 52.7 Å². The van der Waals surface area contributed by atoms with Crippen LogP contribution in [0.1, 0.15) is 75.1 Å². The molecule has 1 amide bonds. The summed E-state index contributed by atoms with van der Waals surface area (Å²) in [7, 11) is 0. The molecule has 2 atom stereocenters. The number of rotatable bonds is 5. The fourth-order valence-electron chi connectivity index (χ4n) is 5.67. The zero-order valence-corrected chi connectivity index (χ0v) is 18.5. The van der Waals surface area contributed by atoms with Gasteiger partial charge >= 0.3 is 12.1 Å². The van der Waals surface area contributed by atoms with Crippen molar-refractivity contribution in [2.75, 3.05) is 18.0 Å². The Balaban J connectivity index is 1.51. The van der Waals surface area contributed by atoms with Gasteiger partial charge in [0.15, 0.2) is 0 Å². The van der Waals surface area contributed by atoms with E-state index >= 15 is 0 Å². The van der Waals surface area contributed by atoms with Gasteiger partial charge in [-0.25, -0.2) is 4.79 Å². The van der Waals surface area contributed by atoms with Gasteiger partial charge in [-0.15, -0.1) is 0 Å². The smallest absolute Gasteiger partial charge is 0.394 e. The normalized spacial score (nSPS) is 27.8. The number of piperidine rings is 1. The maximum absolute atomic E-state index is 13.7. The van der Waals surface area contributed by atoms with E-state index in [1.54, 1.807) is 31.2 Å². The van der Waals surface area contributed by atoms with Crippen LogP contribution in [0.3, 0.4) is 0 Å². The molecule has 4 rings (SSSR count). The Kier molecular flexibility index (Phi) is 5.92. The van der Waals surface area contributed by atoms with Crippen LogP contribution in [-0.2, 0) is 4.79 Å². The summed E-state index contributed by atoms with van der Waals surface area (Å²) >= 11 is 0. The molecule has 1 aliphatic carbocycles. The van der Waals surface area contributed by atoms with Gasteiger partial charge in [0.1, 0.15) is 5.54 Å². The zero-order chi connectivity index (χ0) is 23.1. The number of amides is 1. The average molecular weight is 453 g/mol. The molecule has 1 saturated carbocycles. The van der Waals surface area contributed by atoms with Gasteiger partial charge in [-0.1, -0.05) is 6.42 Å². The molecule has 2 heterocycles. The maximum atomic E-state index is 13.7. The summed E-state index contributed by atoms with van der Waals surface area (Å²) in [5, 5.41) is 9.58. The van der Waals surface area contributed by atoms with E-state index in [0.717, 1.165) is 24.9 Å². The third-order valence-corrected chi connectivity index (χ3v) is 7.96. The van der Waals surface area contributed by atoms with Crippen LogP contribution in [0.2, 0.25) is 0 Å². The predicted octanol–water partition coefficient (Wildman–Crippen LogP) is 5.25. The van der Waals surface area contributed by atoms with E-state index in [9.17, 15) is 27.9 Å². The number of anilines is 1. The summed E-state index contributed by atoms with van der Waals surface area (Å²) in [5.41, 5.74) is -1.53. The highest BCUT2D eigenvalue weighted by molar-refractivity contribution is 5.98. The molecule has 176 valence electrons. The number of carboxylic acids is 1. The zero-order valence-electron chi connectivity index (χ0n) is 18.5. The second-order valence-electron chi connectivity index (χ2n) is 9.86. The molecule has 0 radical (unpaired) electrons. The minimum Gasteiger partial charge on any atom is -0.480 e. The van der Waals surface area contributed by atoms with Gasteiger partial charge < -0.3 is 14.9 Å². The van der Waals surface area contributed by atoms with Gasteiger partial charge in [-0.3, -0.25) is 4.79 Å². The molecule has 0 spiro atoms. The lowest BCUT2D eigenvalue weighted by Gasteiger charge is -2.48. The molecule has 1 aromatic carbocycles. The molecule has 5 nitrogen and oxygen atoms in total. The minimum absolute atomic E-state index is 0.127. The maximum Gasteiger partial charge on any atom is 0.394 e. The Hall–Kier alpha value is -2.25. The third-order valence-electron chi connectivity index (χ3n) is 7.96. The molecule has 1 N–H and O–H groups in total. The van der Waals surface area contributed by atoms with Crippen LogP contribution in [0.25, 0.3) is 0 Å². The van der Waals surface area contributed by atoms with Crippen LogP contribution >= 0.6 is 0 Å². The Labute approximate surface area is 186 Å². The van der Waals surface area contributed by atoms with Gasteiger partial charge in [0.25, 0.3) is 5.91 Å². The van der Waals surface area contributed by atoms with E-state index in [2.05, 4.69) is 4.90 Å². The summed E-state index contributed by atoms with van der Waals surface area (Å²) in [6, 6.07) is 6.77. The van der Waals surface area contributed by atoms with E-state index < -0.39 is 23.1 Å². The predicted molar refractivity (Wildman–Crippen MR) is 115 cm³/mol. The number of alkyl halides is 3. The fraction of sp³-hybridized carbons (Fsp3) is 0.667. The van der Waals surface area contributed by atoms with Crippen molar-refractivity contribution in [3.05, 3.63) is 29.8 Å². The first-order valence-electron chi connectivity index (χ1n) is 11.6. The number of nitrogens with zero attached hydrogens (tertiary/aromatic N) is 2. The van der Waals surface area contributed by atoms with Crippen LogP contribution in [0, 0.1) is 5.41 Å². The number of carbonyl (C=O) groups is 2. The fourth-order valence-corrected chi connectivity index (χ4v) is 5.67. The number of halogens is 3. The molecule has 3 fully saturated rings. The standard InChI is InChI=1S/C24H31F3N2O3/c1-22(21(31)32)11-5-15-29(22)20(30)17-7-9-18(10-8-17)28-14-3-2-6-19(28)16-23(12-4-13-23)24(25,26)27/h7-10,19H,2-6,11-16H2,1H3,(H,31,32)/t19?,22-/m0/s1. The largest absolute Gasteiger partial charge is 0.480 e. The van der Waals surface area contributed by atoms with Gasteiger partial charge in [0.05, 0.1) is 5.41 Å². The van der Waals surface area contributed by atoms with Crippen LogP contribution < -0.4 is 4.90 Å². The summed E-state index contributed by atoms with van der Waals surface area (Å²) in [6.45, 7) is 2.68. The Bertz CT molecular complexity index is 866. The second kappa shape index (κ2) is 8.27. The Morgan fingerprint density at radius 3 is 2.28 bits per heavy atom. The topological polar surface area (TPSA) is 60.9 Å². The minimum atomic E-state index is -4.17. The molecule has 32 heavy (non-hydrogen) atoms. The molecule has 2 saturated heterocycles. The number of hydrogen-bond donors (Lipinski definition) is 1. The number of benzene rings is 1. The van der Waals surface area contributed by atoms with E-state index in [1.165, 1.54) is 4.90 Å². The Morgan fingerprint density at radius 2 is 1.72 bits per heavy atom. The lowest BCUT2D eigenvalue weighted by atomic mass is 9.64. The SMILES string of the molecule is C[C@@]1(C(=O)O)CCCN1C(=O)c1ccc(N2CCCCC2CC2(C(F)(F)F)CCC2)cc1. The second-order valence-corrected chi connectivity index (χ2v) is 9.86. The molecule has 8 heteroatoms. The summed E-state index contributed by atoms with van der Waals surface area (Å²) in [6.07, 6.45) is 0.678. The summed E-state index contributed by atoms with van der Waals surface area (Å²) < 4.78 is 41.2. The van der Waals surface area contributed by atoms with Crippen molar-refractivity contribution in [2.45, 2.75) is 82.5 Å². The Morgan fingerprint density at radius 1 is 1.03 bits per heavy atom. The van der Waals surface area contributed by atoms with Gasteiger partial charge in [-0.05, 0) is 82.6 Å². The monoisotopic (exact) mass is 452 g/mol. The molecule has 2 aliphatic heterocycles. The number of hydrogen-bond acceptors (Lipinski definition) is 3. The lowest BCUT2D eigenvalue weighted by molar-refractivity contribution is -0.255. The van der Waals surface area contributed by atoms with Crippen molar-refractivity contribution in [2.24, 2.45) is 5.41 Å². The first-order valence-corrected chi connectivity index (χ1v) is 11.6. The van der Waals surface area contributed by atoms with Crippen LogP contribution in [0.4, 0.5) is 18.9 Å². The average Bonchev–Trinajstić information content (AvgIpc) is 3.13.